The molecular formula is C24H29N3O5. The van der Waals surface area contributed by atoms with Gasteiger partial charge in [0, 0.05) is 26.2 Å². The van der Waals surface area contributed by atoms with Gasteiger partial charge in [-0.05, 0) is 42.7 Å². The second-order valence-electron chi connectivity index (χ2n) is 8.74. The zero-order chi connectivity index (χ0) is 22.0. The van der Waals surface area contributed by atoms with Crippen molar-refractivity contribution in [2.45, 2.75) is 31.2 Å². The van der Waals surface area contributed by atoms with Gasteiger partial charge in [0.15, 0.2) is 17.3 Å². The normalized spacial score (nSPS) is 20.2. The maximum absolute atomic E-state index is 13.0. The molecule has 1 aliphatic carbocycles. The number of benzene rings is 1. The zero-order valence-electron chi connectivity index (χ0n) is 18.2. The average molecular weight is 440 g/mol. The van der Waals surface area contributed by atoms with Crippen LogP contribution in [0.1, 0.15) is 41.8 Å². The van der Waals surface area contributed by atoms with Crippen LogP contribution in [-0.2, 0) is 10.3 Å². The molecule has 3 aliphatic rings. The number of ether oxygens (including phenoxy) is 2. The molecule has 0 unspecified atom stereocenters. The molecule has 2 fully saturated rings. The predicted molar refractivity (Wildman–Crippen MR) is 117 cm³/mol. The molecule has 5 rings (SSSR count). The number of nitrogens with one attached hydrogen (secondary N) is 1. The van der Waals surface area contributed by atoms with Crippen LogP contribution in [0.4, 0.5) is 0 Å². The standard InChI is InChI=1S/C24H29N3O5/c28-22(17-26-9-11-27(12-10-26)23(29)20-4-3-13-30-20)25-24(7-1-2-8-24)18-5-6-19-21(16-18)32-15-14-31-19/h3-6,13,16H,1-2,7-12,14-15,17H2,(H,25,28). The summed E-state index contributed by atoms with van der Waals surface area (Å²) in [6.07, 6.45) is 5.52. The lowest BCUT2D eigenvalue weighted by molar-refractivity contribution is -0.124. The fourth-order valence-electron chi connectivity index (χ4n) is 4.98. The summed E-state index contributed by atoms with van der Waals surface area (Å²) in [6, 6.07) is 9.43. The smallest absolute Gasteiger partial charge is 0.289 e. The third-order valence-electron chi connectivity index (χ3n) is 6.69. The van der Waals surface area contributed by atoms with Gasteiger partial charge in [-0.2, -0.15) is 0 Å². The quantitative estimate of drug-likeness (QED) is 0.770. The summed E-state index contributed by atoms with van der Waals surface area (Å²) in [5.41, 5.74) is 0.728. The summed E-state index contributed by atoms with van der Waals surface area (Å²) >= 11 is 0. The predicted octanol–water partition coefficient (Wildman–Crippen LogP) is 2.39. The number of hydrogen-bond acceptors (Lipinski definition) is 6. The summed E-state index contributed by atoms with van der Waals surface area (Å²) in [5.74, 6) is 1.81. The van der Waals surface area contributed by atoms with Crippen LogP contribution in [0.3, 0.4) is 0 Å². The van der Waals surface area contributed by atoms with Crippen LogP contribution in [0.15, 0.2) is 41.0 Å². The number of furan rings is 1. The van der Waals surface area contributed by atoms with E-state index in [1.165, 1.54) is 6.26 Å². The number of carbonyl (C=O) groups excluding carboxylic acids is 2. The molecule has 2 aliphatic heterocycles. The van der Waals surface area contributed by atoms with Crippen molar-refractivity contribution in [1.29, 1.82) is 0 Å². The minimum Gasteiger partial charge on any atom is -0.486 e. The van der Waals surface area contributed by atoms with Gasteiger partial charge in [-0.1, -0.05) is 18.9 Å². The van der Waals surface area contributed by atoms with Crippen LogP contribution in [0, 0.1) is 0 Å². The van der Waals surface area contributed by atoms with Gasteiger partial charge in [-0.3, -0.25) is 14.5 Å². The van der Waals surface area contributed by atoms with Crippen LogP contribution in [-0.4, -0.2) is 67.6 Å². The van der Waals surface area contributed by atoms with Gasteiger partial charge in [-0.15, -0.1) is 0 Å². The Balaban J connectivity index is 1.20. The SMILES string of the molecule is O=C(CN1CCN(C(=O)c2ccco2)CC1)NC1(c2ccc3c(c2)OCCO3)CCCC1. The molecule has 8 nitrogen and oxygen atoms in total. The number of amides is 2. The zero-order valence-corrected chi connectivity index (χ0v) is 18.2. The molecular weight excluding hydrogens is 410 g/mol. The van der Waals surface area contributed by atoms with Gasteiger partial charge in [0.25, 0.3) is 5.91 Å². The third-order valence-corrected chi connectivity index (χ3v) is 6.69. The maximum atomic E-state index is 13.0. The fourth-order valence-corrected chi connectivity index (χ4v) is 4.98. The van der Waals surface area contributed by atoms with Crippen molar-refractivity contribution in [1.82, 2.24) is 15.1 Å². The largest absolute Gasteiger partial charge is 0.486 e. The van der Waals surface area contributed by atoms with E-state index in [1.807, 2.05) is 12.1 Å². The fraction of sp³-hybridized carbons (Fsp3) is 0.500. The van der Waals surface area contributed by atoms with Crippen LogP contribution in [0.25, 0.3) is 0 Å². The Morgan fingerprint density at radius 2 is 1.72 bits per heavy atom. The van der Waals surface area contributed by atoms with Crippen molar-refractivity contribution in [2.24, 2.45) is 0 Å². The molecule has 0 atom stereocenters. The Morgan fingerprint density at radius 1 is 0.969 bits per heavy atom. The molecule has 170 valence electrons. The number of nitrogens with zero attached hydrogens (tertiary/aromatic N) is 2. The second kappa shape index (κ2) is 8.86. The molecule has 2 aromatic rings. The van der Waals surface area contributed by atoms with E-state index in [2.05, 4.69) is 16.3 Å². The van der Waals surface area contributed by atoms with Gasteiger partial charge in [0.05, 0.1) is 18.3 Å². The molecule has 0 bridgehead atoms. The number of fused-ring (bicyclic) bond motifs is 1. The van der Waals surface area contributed by atoms with Crippen molar-refractivity contribution in [3.63, 3.8) is 0 Å². The monoisotopic (exact) mass is 439 g/mol. The van der Waals surface area contributed by atoms with Crippen molar-refractivity contribution in [3.8, 4) is 11.5 Å². The van der Waals surface area contributed by atoms with Gasteiger partial charge >= 0.3 is 0 Å². The average Bonchev–Trinajstić information content (AvgIpc) is 3.52. The lowest BCUT2D eigenvalue weighted by Crippen LogP contribution is -2.53. The topological polar surface area (TPSA) is 84.3 Å². The highest BCUT2D eigenvalue weighted by Gasteiger charge is 2.38. The van der Waals surface area contributed by atoms with Gasteiger partial charge in [0.2, 0.25) is 5.91 Å². The summed E-state index contributed by atoms with van der Waals surface area (Å²) in [4.78, 5) is 29.4. The first-order valence-electron chi connectivity index (χ1n) is 11.4. The van der Waals surface area contributed by atoms with Gasteiger partial charge in [-0.25, -0.2) is 0 Å². The molecule has 2 amide bonds. The van der Waals surface area contributed by atoms with E-state index < -0.39 is 0 Å². The molecule has 8 heteroatoms. The maximum Gasteiger partial charge on any atom is 0.289 e. The Morgan fingerprint density at radius 3 is 2.44 bits per heavy atom. The van der Waals surface area contributed by atoms with Crippen LogP contribution in [0.5, 0.6) is 11.5 Å². The van der Waals surface area contributed by atoms with Crippen molar-refractivity contribution < 1.29 is 23.5 Å². The molecule has 1 saturated heterocycles. The highest BCUT2D eigenvalue weighted by atomic mass is 16.6. The number of rotatable bonds is 5. The summed E-state index contributed by atoms with van der Waals surface area (Å²) in [6.45, 7) is 3.93. The first kappa shape index (κ1) is 20.9. The lowest BCUT2D eigenvalue weighted by atomic mass is 9.87. The van der Waals surface area contributed by atoms with E-state index in [0.29, 0.717) is 51.7 Å². The van der Waals surface area contributed by atoms with Gasteiger partial charge < -0.3 is 24.1 Å². The van der Waals surface area contributed by atoms with E-state index >= 15 is 0 Å². The van der Waals surface area contributed by atoms with Crippen LogP contribution in [0.2, 0.25) is 0 Å². The lowest BCUT2D eigenvalue weighted by Gasteiger charge is -2.36. The molecule has 1 aromatic heterocycles. The van der Waals surface area contributed by atoms with Crippen LogP contribution >= 0.6 is 0 Å². The van der Waals surface area contributed by atoms with Crippen molar-refractivity contribution in [3.05, 3.63) is 47.9 Å². The highest BCUT2D eigenvalue weighted by Crippen LogP contribution is 2.42. The Labute approximate surface area is 187 Å². The minimum absolute atomic E-state index is 0.0209. The Kier molecular flexibility index (Phi) is 5.78. The molecule has 32 heavy (non-hydrogen) atoms. The number of carbonyl (C=O) groups is 2. The van der Waals surface area contributed by atoms with Crippen molar-refractivity contribution >= 4 is 11.8 Å². The second-order valence-corrected chi connectivity index (χ2v) is 8.74. The molecule has 1 saturated carbocycles. The Hall–Kier alpha value is -3.00. The molecule has 1 N–H and O–H groups in total. The first-order chi connectivity index (χ1) is 15.6. The van der Waals surface area contributed by atoms with Crippen molar-refractivity contribution in [2.75, 3.05) is 45.9 Å². The molecule has 1 aromatic carbocycles. The summed E-state index contributed by atoms with van der Waals surface area (Å²) in [5, 5.41) is 3.35. The van der Waals surface area contributed by atoms with Gasteiger partial charge in [0.1, 0.15) is 13.2 Å². The third kappa shape index (κ3) is 4.19. The van der Waals surface area contributed by atoms with E-state index in [4.69, 9.17) is 13.9 Å². The highest BCUT2D eigenvalue weighted by molar-refractivity contribution is 5.91. The van der Waals surface area contributed by atoms with E-state index in [0.717, 1.165) is 42.7 Å². The molecule has 0 spiro atoms. The summed E-state index contributed by atoms with van der Waals surface area (Å²) in [7, 11) is 0. The number of hydrogen-bond donors (Lipinski definition) is 1. The Bertz CT molecular complexity index is 960. The van der Waals surface area contributed by atoms with E-state index in [-0.39, 0.29) is 17.4 Å². The minimum atomic E-state index is -0.357. The summed E-state index contributed by atoms with van der Waals surface area (Å²) < 4.78 is 16.6. The van der Waals surface area contributed by atoms with Crippen LogP contribution < -0.4 is 14.8 Å². The van der Waals surface area contributed by atoms with E-state index in [1.54, 1.807) is 17.0 Å². The molecule has 3 heterocycles. The number of piperazine rings is 1. The van der Waals surface area contributed by atoms with E-state index in [9.17, 15) is 9.59 Å². The first-order valence-corrected chi connectivity index (χ1v) is 11.4. The molecule has 0 radical (unpaired) electrons.